The van der Waals surface area contributed by atoms with Crippen molar-refractivity contribution in [1.82, 2.24) is 20.2 Å². The maximum Gasteiger partial charge on any atom is 0.293 e. The molecule has 0 bridgehead atoms. The Labute approximate surface area is 197 Å². The molecule has 5 rings (SSSR count). The van der Waals surface area contributed by atoms with Crippen LogP contribution >= 0.6 is 11.3 Å². The van der Waals surface area contributed by atoms with Gasteiger partial charge in [0.1, 0.15) is 17.1 Å². The Bertz CT molecular complexity index is 1330. The number of pyridine rings is 1. The minimum Gasteiger partial charge on any atom is -0.464 e. The van der Waals surface area contributed by atoms with E-state index in [-0.39, 0.29) is 25.0 Å². The lowest BCUT2D eigenvalue weighted by atomic mass is 10.0. The second-order valence-corrected chi connectivity index (χ2v) is 8.99. The number of hydrogen-bond donors (Lipinski definition) is 1. The van der Waals surface area contributed by atoms with Crippen LogP contribution in [0.15, 0.2) is 41.1 Å². The Morgan fingerprint density at radius 1 is 1.32 bits per heavy atom. The summed E-state index contributed by atoms with van der Waals surface area (Å²) in [7, 11) is 0. The van der Waals surface area contributed by atoms with Gasteiger partial charge in [0.25, 0.3) is 17.6 Å². The van der Waals surface area contributed by atoms with E-state index >= 15 is 0 Å². The first-order valence-corrected chi connectivity index (χ1v) is 11.6. The van der Waals surface area contributed by atoms with Crippen LogP contribution in [0.5, 0.6) is 10.9 Å². The summed E-state index contributed by atoms with van der Waals surface area (Å²) in [5.41, 5.74) is 2.22. The lowest BCUT2D eigenvalue weighted by molar-refractivity contribution is -0.137. The smallest absolute Gasteiger partial charge is 0.293 e. The highest BCUT2D eigenvalue weighted by molar-refractivity contribution is 7.20. The highest BCUT2D eigenvalue weighted by atomic mass is 32.1. The molecule has 1 saturated heterocycles. The van der Waals surface area contributed by atoms with Crippen LogP contribution in [0.3, 0.4) is 0 Å². The Kier molecular flexibility index (Phi) is 6.37. The molecule has 1 aliphatic heterocycles. The number of carbonyl (C=O) groups is 2. The molecule has 4 heterocycles. The number of fused-ring (bicyclic) bond motifs is 2. The third-order valence-electron chi connectivity index (χ3n) is 5.66. The Balaban J connectivity index is 1.19. The van der Waals surface area contributed by atoms with Crippen molar-refractivity contribution in [3.8, 4) is 10.9 Å². The van der Waals surface area contributed by atoms with E-state index in [0.29, 0.717) is 26.9 Å². The van der Waals surface area contributed by atoms with Crippen LogP contribution in [-0.2, 0) is 20.9 Å². The predicted molar refractivity (Wildman–Crippen MR) is 122 cm³/mol. The number of piperidine rings is 1. The molecule has 0 atom stereocenters. The van der Waals surface area contributed by atoms with Crippen LogP contribution in [0.25, 0.3) is 21.3 Å². The minimum atomic E-state index is -0.412. The van der Waals surface area contributed by atoms with E-state index in [2.05, 4.69) is 24.9 Å². The number of likely N-dealkylation sites (tertiary alicyclic amines) is 1. The Hall–Kier alpha value is -3.57. The van der Waals surface area contributed by atoms with E-state index in [1.807, 2.05) is 18.2 Å². The molecule has 0 unspecified atom stereocenters. The predicted octanol–water partition coefficient (Wildman–Crippen LogP) is 3.62. The third kappa shape index (κ3) is 5.00. The van der Waals surface area contributed by atoms with Gasteiger partial charge in [0.15, 0.2) is 12.3 Å². The molecule has 0 aliphatic carbocycles. The van der Waals surface area contributed by atoms with Crippen molar-refractivity contribution >= 4 is 45.0 Å². The van der Waals surface area contributed by atoms with Gasteiger partial charge in [-0.25, -0.2) is 9.37 Å². The van der Waals surface area contributed by atoms with Gasteiger partial charge in [-0.2, -0.15) is 4.98 Å². The highest BCUT2D eigenvalue weighted by Crippen LogP contribution is 2.33. The topological polar surface area (TPSA) is 107 Å². The molecule has 0 saturated carbocycles. The van der Waals surface area contributed by atoms with Gasteiger partial charge in [-0.15, -0.1) is 0 Å². The largest absolute Gasteiger partial charge is 0.464 e. The molecular weight excluding hydrogens is 463 g/mol. The number of carbonyl (C=O) groups excluding carboxylic acids is 2. The van der Waals surface area contributed by atoms with E-state index in [1.165, 1.54) is 17.4 Å². The number of aromatic nitrogens is 2. The number of furan rings is 1. The number of amides is 1. The number of benzene rings is 1. The molecule has 3 aromatic heterocycles. The van der Waals surface area contributed by atoms with Crippen molar-refractivity contribution in [2.24, 2.45) is 0 Å². The van der Waals surface area contributed by atoms with Crippen molar-refractivity contribution < 1.29 is 27.9 Å². The highest BCUT2D eigenvalue weighted by Gasteiger charge is 2.22. The van der Waals surface area contributed by atoms with E-state index in [1.54, 1.807) is 6.26 Å². The van der Waals surface area contributed by atoms with Crippen molar-refractivity contribution in [1.29, 1.82) is 0 Å². The van der Waals surface area contributed by atoms with Crippen LogP contribution in [0.1, 0.15) is 18.4 Å². The summed E-state index contributed by atoms with van der Waals surface area (Å²) in [6, 6.07) is 7.07. The third-order valence-corrected chi connectivity index (χ3v) is 6.53. The van der Waals surface area contributed by atoms with Crippen LogP contribution < -0.4 is 10.1 Å². The normalized spacial score (nSPS) is 15.0. The average Bonchev–Trinajstić information content (AvgIpc) is 3.41. The summed E-state index contributed by atoms with van der Waals surface area (Å²) in [6.45, 7) is 2.43. The Morgan fingerprint density at radius 3 is 3.00 bits per heavy atom. The number of nitrogens with one attached hydrogen (secondary N) is 1. The van der Waals surface area contributed by atoms with E-state index < -0.39 is 5.82 Å². The molecule has 1 N–H and O–H groups in total. The van der Waals surface area contributed by atoms with Gasteiger partial charge in [0.2, 0.25) is 0 Å². The lowest BCUT2D eigenvalue weighted by Gasteiger charge is -2.32. The van der Waals surface area contributed by atoms with E-state index in [4.69, 9.17) is 9.15 Å². The molecule has 1 fully saturated rings. The van der Waals surface area contributed by atoms with E-state index in [0.717, 1.165) is 49.6 Å². The van der Waals surface area contributed by atoms with Crippen LogP contribution in [-0.4, -0.2) is 53.0 Å². The maximum absolute atomic E-state index is 13.4. The molecule has 9 nitrogen and oxygen atoms in total. The second kappa shape index (κ2) is 9.74. The quantitative estimate of drug-likeness (QED) is 0.378. The first-order valence-electron chi connectivity index (χ1n) is 10.7. The molecule has 11 heteroatoms. The number of ether oxygens (including phenoxy) is 2. The molecule has 4 aromatic rings. The zero-order valence-electron chi connectivity index (χ0n) is 18.0. The van der Waals surface area contributed by atoms with Crippen molar-refractivity contribution in [3.05, 3.63) is 48.1 Å². The zero-order chi connectivity index (χ0) is 23.5. The van der Waals surface area contributed by atoms with Crippen LogP contribution in [0.4, 0.5) is 4.39 Å². The van der Waals surface area contributed by atoms with Crippen molar-refractivity contribution in [3.63, 3.8) is 0 Å². The van der Waals surface area contributed by atoms with Gasteiger partial charge in [-0.3, -0.25) is 14.5 Å². The fourth-order valence-corrected chi connectivity index (χ4v) is 4.84. The molecule has 1 aromatic carbocycles. The fraction of sp³-hybridized carbons (Fsp3) is 0.304. The summed E-state index contributed by atoms with van der Waals surface area (Å²) in [5.74, 6) is -0.118. The molecule has 34 heavy (non-hydrogen) atoms. The van der Waals surface area contributed by atoms with Gasteiger partial charge in [0, 0.05) is 42.7 Å². The minimum absolute atomic E-state index is 0.0778. The Morgan fingerprint density at radius 2 is 2.18 bits per heavy atom. The number of thiazole rings is 1. The van der Waals surface area contributed by atoms with Gasteiger partial charge in [-0.05, 0) is 31.0 Å². The van der Waals surface area contributed by atoms with Crippen molar-refractivity contribution in [2.45, 2.75) is 25.4 Å². The molecule has 1 amide bonds. The lowest BCUT2D eigenvalue weighted by Crippen LogP contribution is -2.45. The van der Waals surface area contributed by atoms with Crippen LogP contribution in [0.2, 0.25) is 0 Å². The number of halogens is 1. The van der Waals surface area contributed by atoms with Gasteiger partial charge < -0.3 is 19.2 Å². The van der Waals surface area contributed by atoms with E-state index in [9.17, 15) is 14.0 Å². The first kappa shape index (κ1) is 22.2. The van der Waals surface area contributed by atoms with Gasteiger partial charge in [-0.1, -0.05) is 11.3 Å². The monoisotopic (exact) mass is 484 g/mol. The molecular formula is C23H21FN4O5S. The molecule has 0 spiro atoms. The molecule has 0 radical (unpaired) electrons. The zero-order valence-corrected chi connectivity index (χ0v) is 18.8. The van der Waals surface area contributed by atoms with Crippen molar-refractivity contribution in [2.75, 3.05) is 19.7 Å². The summed E-state index contributed by atoms with van der Waals surface area (Å²) >= 11 is 1.23. The average molecular weight is 485 g/mol. The summed E-state index contributed by atoms with van der Waals surface area (Å²) < 4.78 is 30.1. The molecule has 176 valence electrons. The second-order valence-electron chi connectivity index (χ2n) is 8.00. The summed E-state index contributed by atoms with van der Waals surface area (Å²) in [6.07, 6.45) is 4.53. The standard InChI is InChI=1S/C23H21FN4O5S/c24-15-7-20-22(25-9-15)27-23(34-20)33-17-1-2-18-14(11-32-19(18)8-17)10-28-5-3-16(4-6-28)26-21(30)12-31-13-29/h1-2,7-9,11,13,16H,3-6,10,12H2,(H,26,30). The summed E-state index contributed by atoms with van der Waals surface area (Å²) in [5, 5.41) is 4.27. The number of nitrogens with zero attached hydrogens (tertiary/aromatic N) is 3. The maximum atomic E-state index is 13.4. The number of rotatable bonds is 8. The van der Waals surface area contributed by atoms with Crippen LogP contribution in [0, 0.1) is 5.82 Å². The fourth-order valence-electron chi connectivity index (χ4n) is 4.03. The summed E-state index contributed by atoms with van der Waals surface area (Å²) in [4.78, 5) is 32.5. The van der Waals surface area contributed by atoms with Gasteiger partial charge in [0.05, 0.1) is 17.2 Å². The first-order chi connectivity index (χ1) is 16.6. The molecule has 1 aliphatic rings. The van der Waals surface area contributed by atoms with Gasteiger partial charge >= 0.3 is 0 Å². The number of hydrogen-bond acceptors (Lipinski definition) is 9. The SMILES string of the molecule is O=COCC(=O)NC1CCN(Cc2coc3cc(Oc4nc5ncc(F)cc5s4)ccc23)CC1.